The van der Waals surface area contributed by atoms with E-state index in [1.54, 1.807) is 0 Å². The lowest BCUT2D eigenvalue weighted by Gasteiger charge is -2.08. The molecular weight excluding hydrogens is 312 g/mol. The molecular formula is C15H9ClO6. The van der Waals surface area contributed by atoms with Gasteiger partial charge in [-0.3, -0.25) is 4.79 Å². The van der Waals surface area contributed by atoms with Crippen LogP contribution < -0.4 is 5.43 Å². The summed E-state index contributed by atoms with van der Waals surface area (Å²) >= 11 is 5.67. The molecule has 0 fully saturated rings. The number of hydrogen-bond acceptors (Lipinski definition) is 6. The van der Waals surface area contributed by atoms with Gasteiger partial charge < -0.3 is 24.8 Å². The van der Waals surface area contributed by atoms with E-state index in [1.807, 2.05) is 0 Å². The third-order valence-corrected chi connectivity index (χ3v) is 3.56. The predicted molar refractivity (Wildman–Crippen MR) is 79.6 cm³/mol. The zero-order valence-electron chi connectivity index (χ0n) is 10.9. The molecule has 7 heteroatoms. The molecule has 0 saturated carbocycles. The Labute approximate surface area is 128 Å². The van der Waals surface area contributed by atoms with E-state index in [0.29, 0.717) is 5.56 Å². The quantitative estimate of drug-likeness (QED) is 0.548. The van der Waals surface area contributed by atoms with Gasteiger partial charge in [0.2, 0.25) is 11.2 Å². The summed E-state index contributed by atoms with van der Waals surface area (Å²) in [6.45, 7) is 0. The van der Waals surface area contributed by atoms with Gasteiger partial charge in [-0.05, 0) is 24.3 Å². The summed E-state index contributed by atoms with van der Waals surface area (Å²) in [5.74, 6) is -1.99. The van der Waals surface area contributed by atoms with Crippen LogP contribution in [0, 0.1) is 0 Å². The first-order chi connectivity index (χ1) is 10.4. The smallest absolute Gasteiger partial charge is 0.238 e. The Kier molecular flexibility index (Phi) is 3.11. The van der Waals surface area contributed by atoms with Crippen LogP contribution >= 0.6 is 11.6 Å². The number of phenolic OH excluding ortho intramolecular Hbond substituents is 3. The van der Waals surface area contributed by atoms with Gasteiger partial charge in [-0.25, -0.2) is 0 Å². The van der Waals surface area contributed by atoms with Crippen molar-refractivity contribution in [2.45, 2.75) is 0 Å². The molecule has 1 aromatic heterocycles. The Hall–Kier alpha value is -2.86. The third kappa shape index (κ3) is 2.01. The molecule has 0 saturated heterocycles. The van der Waals surface area contributed by atoms with Crippen LogP contribution in [-0.2, 0) is 0 Å². The van der Waals surface area contributed by atoms with Gasteiger partial charge in [-0.1, -0.05) is 11.6 Å². The molecule has 0 bridgehead atoms. The topological polar surface area (TPSA) is 111 Å². The van der Waals surface area contributed by atoms with Crippen molar-refractivity contribution < 1.29 is 24.8 Å². The molecule has 22 heavy (non-hydrogen) atoms. The van der Waals surface area contributed by atoms with Crippen molar-refractivity contribution in [3.8, 4) is 34.3 Å². The molecule has 0 aliphatic rings. The van der Waals surface area contributed by atoms with Crippen molar-refractivity contribution in [3.05, 3.63) is 45.6 Å². The Morgan fingerprint density at radius 2 is 1.59 bits per heavy atom. The normalized spacial score (nSPS) is 11.0. The Morgan fingerprint density at radius 1 is 0.955 bits per heavy atom. The number of rotatable bonds is 1. The van der Waals surface area contributed by atoms with Crippen molar-refractivity contribution in [3.63, 3.8) is 0 Å². The second-order valence-electron chi connectivity index (χ2n) is 4.59. The van der Waals surface area contributed by atoms with Crippen LogP contribution in [0.25, 0.3) is 22.3 Å². The summed E-state index contributed by atoms with van der Waals surface area (Å²) in [6.07, 6.45) is 0. The van der Waals surface area contributed by atoms with Gasteiger partial charge in [0.05, 0.1) is 0 Å². The molecule has 2 aromatic carbocycles. The summed E-state index contributed by atoms with van der Waals surface area (Å²) in [6, 6.07) is 6.66. The van der Waals surface area contributed by atoms with Crippen LogP contribution in [-0.4, -0.2) is 20.4 Å². The van der Waals surface area contributed by atoms with E-state index in [-0.39, 0.29) is 22.5 Å². The van der Waals surface area contributed by atoms with E-state index in [2.05, 4.69) is 0 Å². The lowest BCUT2D eigenvalue weighted by atomic mass is 10.1. The SMILES string of the molecule is O=c1c(O)c(-c2ccc(O)cc2)oc2cc(O)c(Cl)c(O)c12. The van der Waals surface area contributed by atoms with E-state index >= 15 is 0 Å². The lowest BCUT2D eigenvalue weighted by Crippen LogP contribution is -2.03. The molecule has 0 unspecified atom stereocenters. The van der Waals surface area contributed by atoms with Gasteiger partial charge in [0.25, 0.3) is 0 Å². The van der Waals surface area contributed by atoms with Gasteiger partial charge >= 0.3 is 0 Å². The highest BCUT2D eigenvalue weighted by molar-refractivity contribution is 6.34. The molecule has 0 aliphatic heterocycles. The Bertz CT molecular complexity index is 943. The van der Waals surface area contributed by atoms with Crippen LogP contribution in [0.2, 0.25) is 5.02 Å². The molecule has 6 nitrogen and oxygen atoms in total. The van der Waals surface area contributed by atoms with Crippen LogP contribution in [0.3, 0.4) is 0 Å². The average molecular weight is 321 g/mol. The Morgan fingerprint density at radius 3 is 2.23 bits per heavy atom. The molecule has 1 heterocycles. The summed E-state index contributed by atoms with van der Waals surface area (Å²) in [5.41, 5.74) is -0.683. The maximum Gasteiger partial charge on any atom is 0.238 e. The van der Waals surface area contributed by atoms with Crippen molar-refractivity contribution in [2.24, 2.45) is 0 Å². The molecule has 3 rings (SSSR count). The van der Waals surface area contributed by atoms with Gasteiger partial charge in [0.1, 0.15) is 27.5 Å². The minimum atomic E-state index is -0.885. The molecule has 4 N–H and O–H groups in total. The largest absolute Gasteiger partial charge is 0.508 e. The third-order valence-electron chi connectivity index (χ3n) is 3.18. The first-order valence-corrected chi connectivity index (χ1v) is 6.47. The number of benzene rings is 2. The fourth-order valence-electron chi connectivity index (χ4n) is 2.10. The molecule has 0 spiro atoms. The van der Waals surface area contributed by atoms with E-state index < -0.39 is 27.7 Å². The van der Waals surface area contributed by atoms with Gasteiger partial charge in [0, 0.05) is 11.6 Å². The number of fused-ring (bicyclic) bond motifs is 1. The Balaban J connectivity index is 2.39. The van der Waals surface area contributed by atoms with Crippen molar-refractivity contribution in [1.82, 2.24) is 0 Å². The van der Waals surface area contributed by atoms with Crippen molar-refractivity contribution in [2.75, 3.05) is 0 Å². The van der Waals surface area contributed by atoms with E-state index in [9.17, 15) is 25.2 Å². The van der Waals surface area contributed by atoms with Gasteiger partial charge in [-0.15, -0.1) is 0 Å². The van der Waals surface area contributed by atoms with E-state index in [4.69, 9.17) is 16.0 Å². The zero-order valence-corrected chi connectivity index (χ0v) is 11.6. The number of hydrogen-bond donors (Lipinski definition) is 4. The van der Waals surface area contributed by atoms with Crippen molar-refractivity contribution >= 4 is 22.6 Å². The summed E-state index contributed by atoms with van der Waals surface area (Å²) in [4.78, 5) is 12.2. The minimum absolute atomic E-state index is 0.00782. The maximum absolute atomic E-state index is 12.2. The molecule has 0 aliphatic carbocycles. The minimum Gasteiger partial charge on any atom is -0.508 e. The summed E-state index contributed by atoms with van der Waals surface area (Å²) < 4.78 is 5.41. The fraction of sp³-hybridized carbons (Fsp3) is 0. The fourth-order valence-corrected chi connectivity index (χ4v) is 2.24. The standard InChI is InChI=1S/C15H9ClO6/c16-11-8(18)5-9-10(12(11)19)13(20)14(21)15(22-9)6-1-3-7(17)4-2-6/h1-5,17-19,21H. The molecule has 0 radical (unpaired) electrons. The monoisotopic (exact) mass is 320 g/mol. The highest BCUT2D eigenvalue weighted by Crippen LogP contribution is 2.40. The average Bonchev–Trinajstić information content (AvgIpc) is 2.49. The number of phenols is 3. The van der Waals surface area contributed by atoms with Gasteiger partial charge in [-0.2, -0.15) is 0 Å². The van der Waals surface area contributed by atoms with Crippen LogP contribution in [0.1, 0.15) is 0 Å². The highest BCUT2D eigenvalue weighted by atomic mass is 35.5. The first kappa shape index (κ1) is 14.1. The maximum atomic E-state index is 12.2. The second kappa shape index (κ2) is 4.85. The molecule has 3 aromatic rings. The number of halogens is 1. The highest BCUT2D eigenvalue weighted by Gasteiger charge is 2.21. The number of aromatic hydroxyl groups is 4. The van der Waals surface area contributed by atoms with E-state index in [1.165, 1.54) is 24.3 Å². The molecule has 0 atom stereocenters. The molecule has 0 amide bonds. The lowest BCUT2D eigenvalue weighted by molar-refractivity contribution is 0.438. The van der Waals surface area contributed by atoms with Crippen molar-refractivity contribution in [1.29, 1.82) is 0 Å². The molecule has 112 valence electrons. The first-order valence-electron chi connectivity index (χ1n) is 6.09. The van der Waals surface area contributed by atoms with Crippen LogP contribution in [0.4, 0.5) is 0 Å². The second-order valence-corrected chi connectivity index (χ2v) is 4.97. The van der Waals surface area contributed by atoms with E-state index in [0.717, 1.165) is 6.07 Å². The summed E-state index contributed by atoms with van der Waals surface area (Å²) in [7, 11) is 0. The van der Waals surface area contributed by atoms with Crippen LogP contribution in [0.15, 0.2) is 39.5 Å². The van der Waals surface area contributed by atoms with Crippen LogP contribution in [0.5, 0.6) is 23.0 Å². The van der Waals surface area contributed by atoms with Gasteiger partial charge in [0.15, 0.2) is 11.5 Å². The summed E-state index contributed by atoms with van der Waals surface area (Å²) in [5, 5.41) is 38.0. The predicted octanol–water partition coefficient (Wildman–Crippen LogP) is 2.94. The zero-order chi connectivity index (χ0) is 16.0.